The molecule has 1 saturated heterocycles. The highest BCUT2D eigenvalue weighted by atomic mass is 32.2. The molecule has 0 radical (unpaired) electrons. The minimum Gasteiger partial charge on any atom is -0.337 e. The van der Waals surface area contributed by atoms with Crippen LogP contribution in [-0.2, 0) is 16.1 Å². The molecular formula is C23H22N2O2S2. The van der Waals surface area contributed by atoms with Crippen molar-refractivity contribution in [2.24, 2.45) is 0 Å². The van der Waals surface area contributed by atoms with Crippen molar-refractivity contribution in [2.75, 3.05) is 13.1 Å². The molecule has 0 N–H and O–H groups in total. The fourth-order valence-corrected chi connectivity index (χ4v) is 4.08. The van der Waals surface area contributed by atoms with Crippen molar-refractivity contribution in [1.82, 2.24) is 9.80 Å². The molecule has 4 nitrogen and oxygen atoms in total. The topological polar surface area (TPSA) is 40.6 Å². The van der Waals surface area contributed by atoms with Gasteiger partial charge in [0, 0.05) is 13.1 Å². The Bertz CT molecular complexity index is 940. The van der Waals surface area contributed by atoms with Gasteiger partial charge in [-0.15, -0.1) is 0 Å². The molecule has 29 heavy (non-hydrogen) atoms. The second-order valence-corrected chi connectivity index (χ2v) is 8.13. The predicted octanol–water partition coefficient (Wildman–Crippen LogP) is 4.49. The molecule has 2 amide bonds. The molecular weight excluding hydrogens is 400 g/mol. The first-order valence-electron chi connectivity index (χ1n) is 9.37. The molecule has 3 rings (SSSR count). The number of rotatable bonds is 7. The number of amides is 2. The van der Waals surface area contributed by atoms with Crippen LogP contribution < -0.4 is 0 Å². The average Bonchev–Trinajstić information content (AvgIpc) is 3.01. The van der Waals surface area contributed by atoms with Gasteiger partial charge in [-0.25, -0.2) is 0 Å². The Morgan fingerprint density at radius 2 is 1.76 bits per heavy atom. The fourth-order valence-electron chi connectivity index (χ4n) is 2.88. The summed E-state index contributed by atoms with van der Waals surface area (Å²) in [7, 11) is 0. The van der Waals surface area contributed by atoms with Crippen LogP contribution in [-0.4, -0.2) is 39.0 Å². The third-order valence-electron chi connectivity index (χ3n) is 4.45. The highest BCUT2D eigenvalue weighted by molar-refractivity contribution is 8.26. The molecule has 0 bridgehead atoms. The van der Waals surface area contributed by atoms with Crippen molar-refractivity contribution >= 4 is 46.2 Å². The molecule has 0 unspecified atom stereocenters. The number of nitrogens with zero attached hydrogens (tertiary/aromatic N) is 2. The van der Waals surface area contributed by atoms with E-state index < -0.39 is 0 Å². The lowest BCUT2D eigenvalue weighted by atomic mass is 10.2. The van der Waals surface area contributed by atoms with Crippen molar-refractivity contribution in [3.8, 4) is 0 Å². The van der Waals surface area contributed by atoms with Crippen LogP contribution in [0, 0.1) is 0 Å². The maximum absolute atomic E-state index is 12.8. The quantitative estimate of drug-likeness (QED) is 0.487. The van der Waals surface area contributed by atoms with E-state index in [1.165, 1.54) is 16.7 Å². The summed E-state index contributed by atoms with van der Waals surface area (Å²) in [5, 5.41) is 0. The van der Waals surface area contributed by atoms with Gasteiger partial charge in [-0.1, -0.05) is 96.8 Å². The van der Waals surface area contributed by atoms with Gasteiger partial charge in [-0.2, -0.15) is 0 Å². The van der Waals surface area contributed by atoms with Crippen molar-refractivity contribution in [3.05, 3.63) is 88.8 Å². The van der Waals surface area contributed by atoms with Crippen LogP contribution in [0.15, 0.2) is 77.7 Å². The third-order valence-corrected chi connectivity index (χ3v) is 5.85. The standard InChI is InChI=1S/C23H22N2O2S2/c1-2-24(16-19-12-7-4-8-13-19)21(26)17-25-22(27)20(29-23(25)28)15-9-14-18-10-5-3-6-11-18/h3-15H,2,16-17H2,1H3. The normalized spacial score (nSPS) is 15.5. The molecule has 1 aliphatic heterocycles. The maximum atomic E-state index is 12.8. The SMILES string of the molecule is CCN(Cc1ccccc1)C(=O)CN1C(=O)C(=CC=Cc2ccccc2)SC1=S. The molecule has 1 fully saturated rings. The number of hydrogen-bond acceptors (Lipinski definition) is 4. The van der Waals surface area contributed by atoms with Crippen molar-refractivity contribution in [2.45, 2.75) is 13.5 Å². The Morgan fingerprint density at radius 1 is 1.10 bits per heavy atom. The summed E-state index contributed by atoms with van der Waals surface area (Å²) in [5.74, 6) is -0.337. The lowest BCUT2D eigenvalue weighted by Gasteiger charge is -2.23. The van der Waals surface area contributed by atoms with E-state index in [2.05, 4.69) is 0 Å². The van der Waals surface area contributed by atoms with Crippen LogP contribution in [0.25, 0.3) is 6.08 Å². The average molecular weight is 423 g/mol. The second kappa shape index (κ2) is 10.2. The molecule has 1 aliphatic rings. The highest BCUT2D eigenvalue weighted by Crippen LogP contribution is 2.31. The lowest BCUT2D eigenvalue weighted by Crippen LogP contribution is -2.41. The van der Waals surface area contributed by atoms with E-state index in [9.17, 15) is 9.59 Å². The van der Waals surface area contributed by atoms with Crippen LogP contribution in [0.4, 0.5) is 0 Å². The van der Waals surface area contributed by atoms with E-state index in [1.54, 1.807) is 11.0 Å². The van der Waals surface area contributed by atoms with Crippen LogP contribution in [0.5, 0.6) is 0 Å². The van der Waals surface area contributed by atoms with Crippen LogP contribution in [0.1, 0.15) is 18.1 Å². The number of benzene rings is 2. The summed E-state index contributed by atoms with van der Waals surface area (Å²) in [4.78, 5) is 29.1. The zero-order valence-electron chi connectivity index (χ0n) is 16.2. The lowest BCUT2D eigenvalue weighted by molar-refractivity contribution is -0.135. The molecule has 2 aromatic rings. The third kappa shape index (κ3) is 5.65. The Morgan fingerprint density at radius 3 is 2.41 bits per heavy atom. The van der Waals surface area contributed by atoms with E-state index >= 15 is 0 Å². The van der Waals surface area contributed by atoms with E-state index in [1.807, 2.05) is 79.7 Å². The number of thiocarbonyl (C=S) groups is 1. The summed E-state index contributed by atoms with van der Waals surface area (Å²) in [5.41, 5.74) is 2.10. The van der Waals surface area contributed by atoms with Crippen molar-refractivity contribution in [3.63, 3.8) is 0 Å². The summed E-state index contributed by atoms with van der Waals surface area (Å²) >= 11 is 6.57. The molecule has 0 spiro atoms. The zero-order valence-corrected chi connectivity index (χ0v) is 17.8. The summed E-state index contributed by atoms with van der Waals surface area (Å²) in [6.45, 7) is 2.98. The minimum atomic E-state index is -0.221. The number of allylic oxidation sites excluding steroid dienone is 2. The van der Waals surface area contributed by atoms with Gasteiger partial charge >= 0.3 is 0 Å². The summed E-state index contributed by atoms with van der Waals surface area (Å²) in [6.07, 6.45) is 5.51. The van der Waals surface area contributed by atoms with Crippen LogP contribution >= 0.6 is 24.0 Å². The second-order valence-electron chi connectivity index (χ2n) is 6.45. The van der Waals surface area contributed by atoms with Gasteiger partial charge in [0.1, 0.15) is 10.9 Å². The van der Waals surface area contributed by atoms with Gasteiger partial charge in [0.05, 0.1) is 4.91 Å². The smallest absolute Gasteiger partial charge is 0.266 e. The summed E-state index contributed by atoms with van der Waals surface area (Å²) in [6, 6.07) is 19.7. The first-order valence-corrected chi connectivity index (χ1v) is 10.6. The maximum Gasteiger partial charge on any atom is 0.266 e. The van der Waals surface area contributed by atoms with E-state index in [0.717, 1.165) is 11.1 Å². The van der Waals surface area contributed by atoms with Gasteiger partial charge < -0.3 is 4.90 Å². The fraction of sp³-hybridized carbons (Fsp3) is 0.174. The van der Waals surface area contributed by atoms with Gasteiger partial charge in [-0.3, -0.25) is 14.5 Å². The first-order chi connectivity index (χ1) is 14.1. The van der Waals surface area contributed by atoms with E-state index in [4.69, 9.17) is 12.2 Å². The number of thioether (sulfide) groups is 1. The number of carbonyl (C=O) groups is 2. The van der Waals surface area contributed by atoms with Crippen molar-refractivity contribution < 1.29 is 9.59 Å². The highest BCUT2D eigenvalue weighted by Gasteiger charge is 2.33. The van der Waals surface area contributed by atoms with Gasteiger partial charge in [0.15, 0.2) is 0 Å². The Hall–Kier alpha value is -2.70. The number of hydrogen-bond donors (Lipinski definition) is 0. The minimum absolute atomic E-state index is 0.0366. The molecule has 0 aromatic heterocycles. The molecule has 148 valence electrons. The van der Waals surface area contributed by atoms with E-state index in [0.29, 0.717) is 22.3 Å². The van der Waals surface area contributed by atoms with Gasteiger partial charge in [0.25, 0.3) is 5.91 Å². The Labute approximate surface area is 180 Å². The Kier molecular flexibility index (Phi) is 7.38. The Balaban J connectivity index is 1.63. The van der Waals surface area contributed by atoms with Crippen molar-refractivity contribution in [1.29, 1.82) is 0 Å². The van der Waals surface area contributed by atoms with Gasteiger partial charge in [-0.05, 0) is 24.1 Å². The van der Waals surface area contributed by atoms with Crippen LogP contribution in [0.3, 0.4) is 0 Å². The molecule has 0 atom stereocenters. The number of likely N-dealkylation sites (N-methyl/N-ethyl adjacent to an activating group) is 1. The monoisotopic (exact) mass is 422 g/mol. The molecule has 2 aromatic carbocycles. The molecule has 1 heterocycles. The van der Waals surface area contributed by atoms with E-state index in [-0.39, 0.29) is 18.4 Å². The molecule has 6 heteroatoms. The predicted molar refractivity (Wildman–Crippen MR) is 123 cm³/mol. The number of carbonyl (C=O) groups excluding carboxylic acids is 2. The van der Waals surface area contributed by atoms with Crippen LogP contribution in [0.2, 0.25) is 0 Å². The molecule has 0 saturated carbocycles. The zero-order chi connectivity index (χ0) is 20.6. The largest absolute Gasteiger partial charge is 0.337 e. The first kappa shape index (κ1) is 21.0. The molecule has 0 aliphatic carbocycles. The van der Waals surface area contributed by atoms with Gasteiger partial charge in [0.2, 0.25) is 5.91 Å². The summed E-state index contributed by atoms with van der Waals surface area (Å²) < 4.78 is 0.415.